The molecule has 0 spiro atoms. The summed E-state index contributed by atoms with van der Waals surface area (Å²) in [5.41, 5.74) is 7.40. The highest BCUT2D eigenvalue weighted by molar-refractivity contribution is 5.25. The van der Waals surface area contributed by atoms with E-state index in [0.717, 1.165) is 36.7 Å². The molecule has 2 N–H and O–H groups in total. The summed E-state index contributed by atoms with van der Waals surface area (Å²) >= 11 is 0. The second-order valence-corrected chi connectivity index (χ2v) is 5.31. The van der Waals surface area contributed by atoms with Gasteiger partial charge in [-0.1, -0.05) is 25.5 Å². The molecule has 1 fully saturated rings. The Labute approximate surface area is 109 Å². The van der Waals surface area contributed by atoms with Crippen LogP contribution >= 0.6 is 0 Å². The Morgan fingerprint density at radius 2 is 2.28 bits per heavy atom. The molecule has 0 saturated carbocycles. The van der Waals surface area contributed by atoms with Crippen LogP contribution in [0.2, 0.25) is 0 Å². The van der Waals surface area contributed by atoms with Crippen LogP contribution in [0.25, 0.3) is 0 Å². The Bertz CT molecular complexity index is 392. The Kier molecular flexibility index (Phi) is 4.72. The van der Waals surface area contributed by atoms with Crippen molar-refractivity contribution in [2.24, 2.45) is 11.7 Å². The average Bonchev–Trinajstić information content (AvgIpc) is 2.80. The van der Waals surface area contributed by atoms with E-state index in [1.54, 1.807) is 6.07 Å². The summed E-state index contributed by atoms with van der Waals surface area (Å²) in [6.07, 6.45) is 3.80. The van der Waals surface area contributed by atoms with E-state index in [0.29, 0.717) is 6.54 Å². The minimum Gasteiger partial charge on any atom is -0.326 e. The van der Waals surface area contributed by atoms with Gasteiger partial charge in [0.25, 0.3) is 0 Å². The van der Waals surface area contributed by atoms with Crippen LogP contribution < -0.4 is 5.73 Å². The molecule has 1 aliphatic heterocycles. The van der Waals surface area contributed by atoms with Gasteiger partial charge < -0.3 is 5.73 Å². The standard InChI is InChI=1S/C15H23FN2/c1-2-3-12-6-7-18(10-12)11-14-8-13(9-17)4-5-15(14)16/h4-5,8,12H,2-3,6-7,9-11,17H2,1H3. The van der Waals surface area contributed by atoms with E-state index in [1.807, 2.05) is 6.07 Å². The van der Waals surface area contributed by atoms with Crippen molar-refractivity contribution in [3.05, 3.63) is 35.1 Å². The number of nitrogens with zero attached hydrogens (tertiary/aromatic N) is 1. The lowest BCUT2D eigenvalue weighted by Crippen LogP contribution is -2.21. The molecule has 1 aliphatic rings. The zero-order valence-electron chi connectivity index (χ0n) is 11.2. The summed E-state index contributed by atoms with van der Waals surface area (Å²) in [6, 6.07) is 5.21. The van der Waals surface area contributed by atoms with Crippen LogP contribution in [0.15, 0.2) is 18.2 Å². The molecule has 1 aromatic rings. The predicted molar refractivity (Wildman–Crippen MR) is 72.6 cm³/mol. The molecule has 100 valence electrons. The Morgan fingerprint density at radius 1 is 1.44 bits per heavy atom. The number of nitrogens with two attached hydrogens (primary N) is 1. The van der Waals surface area contributed by atoms with Crippen molar-refractivity contribution in [1.29, 1.82) is 0 Å². The molecule has 0 bridgehead atoms. The largest absolute Gasteiger partial charge is 0.326 e. The summed E-state index contributed by atoms with van der Waals surface area (Å²) in [5.74, 6) is 0.696. The highest BCUT2D eigenvalue weighted by atomic mass is 19.1. The second kappa shape index (κ2) is 6.30. The van der Waals surface area contributed by atoms with Gasteiger partial charge in [-0.05, 0) is 36.9 Å². The summed E-state index contributed by atoms with van der Waals surface area (Å²) < 4.78 is 13.7. The monoisotopic (exact) mass is 250 g/mol. The first-order valence-corrected chi connectivity index (χ1v) is 6.92. The first-order valence-electron chi connectivity index (χ1n) is 6.92. The summed E-state index contributed by atoms with van der Waals surface area (Å²) in [6.45, 7) is 5.63. The van der Waals surface area contributed by atoms with Gasteiger partial charge in [0.05, 0.1) is 0 Å². The molecule has 2 rings (SSSR count). The fourth-order valence-corrected chi connectivity index (χ4v) is 2.82. The number of halogens is 1. The highest BCUT2D eigenvalue weighted by Gasteiger charge is 2.22. The van der Waals surface area contributed by atoms with Crippen molar-refractivity contribution < 1.29 is 4.39 Å². The van der Waals surface area contributed by atoms with Crippen LogP contribution in [-0.4, -0.2) is 18.0 Å². The van der Waals surface area contributed by atoms with Gasteiger partial charge in [-0.25, -0.2) is 4.39 Å². The summed E-state index contributed by atoms with van der Waals surface area (Å²) in [5, 5.41) is 0. The number of likely N-dealkylation sites (tertiary alicyclic amines) is 1. The lowest BCUT2D eigenvalue weighted by molar-refractivity contribution is 0.308. The van der Waals surface area contributed by atoms with Crippen molar-refractivity contribution in [3.63, 3.8) is 0 Å². The normalized spacial score (nSPS) is 20.5. The number of hydrogen-bond donors (Lipinski definition) is 1. The molecule has 1 atom stereocenters. The van der Waals surface area contributed by atoms with Crippen molar-refractivity contribution in [3.8, 4) is 0 Å². The van der Waals surface area contributed by atoms with E-state index in [2.05, 4.69) is 11.8 Å². The van der Waals surface area contributed by atoms with Gasteiger partial charge in [0.2, 0.25) is 0 Å². The molecule has 1 saturated heterocycles. The number of hydrogen-bond acceptors (Lipinski definition) is 2. The second-order valence-electron chi connectivity index (χ2n) is 5.31. The first kappa shape index (κ1) is 13.5. The molecule has 0 radical (unpaired) electrons. The molecule has 0 aromatic heterocycles. The van der Waals surface area contributed by atoms with E-state index >= 15 is 0 Å². The van der Waals surface area contributed by atoms with Gasteiger partial charge in [0, 0.05) is 25.2 Å². The van der Waals surface area contributed by atoms with E-state index in [-0.39, 0.29) is 5.82 Å². The Morgan fingerprint density at radius 3 is 3.00 bits per heavy atom. The molecule has 1 aromatic carbocycles. The van der Waals surface area contributed by atoms with Crippen molar-refractivity contribution >= 4 is 0 Å². The fourth-order valence-electron chi connectivity index (χ4n) is 2.82. The predicted octanol–water partition coefficient (Wildman–Crippen LogP) is 2.91. The average molecular weight is 250 g/mol. The fraction of sp³-hybridized carbons (Fsp3) is 0.600. The van der Waals surface area contributed by atoms with Gasteiger partial charge in [-0.2, -0.15) is 0 Å². The number of benzene rings is 1. The summed E-state index contributed by atoms with van der Waals surface area (Å²) in [4.78, 5) is 2.36. The molecular weight excluding hydrogens is 227 g/mol. The van der Waals surface area contributed by atoms with Gasteiger partial charge in [0.1, 0.15) is 5.82 Å². The third-order valence-corrected chi connectivity index (χ3v) is 3.81. The lowest BCUT2D eigenvalue weighted by atomic mass is 10.0. The SMILES string of the molecule is CCCC1CCN(Cc2cc(CN)ccc2F)C1. The topological polar surface area (TPSA) is 29.3 Å². The van der Waals surface area contributed by atoms with Crippen molar-refractivity contribution in [2.75, 3.05) is 13.1 Å². The van der Waals surface area contributed by atoms with Crippen LogP contribution in [0.1, 0.15) is 37.3 Å². The van der Waals surface area contributed by atoms with Crippen LogP contribution in [0.3, 0.4) is 0 Å². The highest BCUT2D eigenvalue weighted by Crippen LogP contribution is 2.23. The van der Waals surface area contributed by atoms with Crippen LogP contribution in [0.5, 0.6) is 0 Å². The van der Waals surface area contributed by atoms with Gasteiger partial charge in [0.15, 0.2) is 0 Å². The zero-order valence-corrected chi connectivity index (χ0v) is 11.2. The third kappa shape index (κ3) is 3.30. The lowest BCUT2D eigenvalue weighted by Gasteiger charge is -2.17. The van der Waals surface area contributed by atoms with Crippen LogP contribution in [-0.2, 0) is 13.1 Å². The molecular formula is C15H23FN2. The third-order valence-electron chi connectivity index (χ3n) is 3.81. The zero-order chi connectivity index (χ0) is 13.0. The maximum absolute atomic E-state index is 13.7. The van der Waals surface area contributed by atoms with E-state index in [9.17, 15) is 4.39 Å². The minimum atomic E-state index is -0.105. The molecule has 18 heavy (non-hydrogen) atoms. The smallest absolute Gasteiger partial charge is 0.127 e. The minimum absolute atomic E-state index is 0.105. The first-order chi connectivity index (χ1) is 8.72. The molecule has 1 heterocycles. The quantitative estimate of drug-likeness (QED) is 0.870. The molecule has 1 unspecified atom stereocenters. The van der Waals surface area contributed by atoms with Gasteiger partial charge >= 0.3 is 0 Å². The molecule has 2 nitrogen and oxygen atoms in total. The molecule has 0 amide bonds. The van der Waals surface area contributed by atoms with Gasteiger partial charge in [-0.3, -0.25) is 4.90 Å². The number of rotatable bonds is 5. The van der Waals surface area contributed by atoms with Gasteiger partial charge in [-0.15, -0.1) is 0 Å². The maximum atomic E-state index is 13.7. The van der Waals surface area contributed by atoms with E-state index in [4.69, 9.17) is 5.73 Å². The van der Waals surface area contributed by atoms with E-state index < -0.39 is 0 Å². The van der Waals surface area contributed by atoms with Crippen LogP contribution in [0, 0.1) is 11.7 Å². The Hall–Kier alpha value is -0.930. The maximum Gasteiger partial charge on any atom is 0.127 e. The van der Waals surface area contributed by atoms with E-state index in [1.165, 1.54) is 25.3 Å². The molecule has 3 heteroatoms. The summed E-state index contributed by atoms with van der Waals surface area (Å²) in [7, 11) is 0. The molecule has 0 aliphatic carbocycles. The van der Waals surface area contributed by atoms with Crippen molar-refractivity contribution in [1.82, 2.24) is 4.90 Å². The van der Waals surface area contributed by atoms with Crippen LogP contribution in [0.4, 0.5) is 4.39 Å². The van der Waals surface area contributed by atoms with Crippen molar-refractivity contribution in [2.45, 2.75) is 39.3 Å². The Balaban J connectivity index is 1.97.